The second-order valence-electron chi connectivity index (χ2n) is 11.8. The molecule has 46 heavy (non-hydrogen) atoms. The van der Waals surface area contributed by atoms with Gasteiger partial charge in [-0.3, -0.25) is 15.0 Å². The molecule has 0 N–H and O–H groups in total. The first-order valence-corrected chi connectivity index (χ1v) is 15.3. The second kappa shape index (κ2) is 9.58. The molecule has 0 bridgehead atoms. The third-order valence-electron chi connectivity index (χ3n) is 9.12. The molecule has 5 aromatic carbocycles. The molecule has 212 valence electrons. The van der Waals surface area contributed by atoms with E-state index < -0.39 is 0 Å². The summed E-state index contributed by atoms with van der Waals surface area (Å²) in [6.45, 7) is 0. The average Bonchev–Trinajstić information content (AvgIpc) is 3.45. The SMILES string of the molecule is c1ccc2ncc(-c3cnc(-c4ccc5ccc6ccc(-c7ccc8c(c7)-c7cccc9cccc-8c79)nc6c5n4)cn3)cc2c1. The minimum atomic E-state index is 0.708. The molecular formula is C41H23N5. The van der Waals surface area contributed by atoms with E-state index in [1.807, 2.05) is 30.5 Å². The quantitative estimate of drug-likeness (QED) is 0.193. The first-order valence-electron chi connectivity index (χ1n) is 15.3. The highest BCUT2D eigenvalue weighted by Gasteiger charge is 2.21. The van der Waals surface area contributed by atoms with Gasteiger partial charge in [0.1, 0.15) is 5.69 Å². The van der Waals surface area contributed by atoms with Crippen molar-refractivity contribution < 1.29 is 0 Å². The third kappa shape index (κ3) is 3.79. The van der Waals surface area contributed by atoms with Crippen LogP contribution in [0.2, 0.25) is 0 Å². The summed E-state index contributed by atoms with van der Waals surface area (Å²) in [5.41, 5.74) is 13.0. The fourth-order valence-electron chi connectivity index (χ4n) is 6.84. The highest BCUT2D eigenvalue weighted by atomic mass is 14.8. The van der Waals surface area contributed by atoms with Crippen LogP contribution in [0.4, 0.5) is 0 Å². The van der Waals surface area contributed by atoms with E-state index in [1.165, 1.54) is 33.0 Å². The van der Waals surface area contributed by atoms with Crippen molar-refractivity contribution in [1.29, 1.82) is 0 Å². The highest BCUT2D eigenvalue weighted by molar-refractivity contribution is 6.15. The van der Waals surface area contributed by atoms with Gasteiger partial charge in [-0.05, 0) is 63.4 Å². The zero-order chi connectivity index (χ0) is 30.2. The van der Waals surface area contributed by atoms with Gasteiger partial charge in [0, 0.05) is 33.5 Å². The Morgan fingerprint density at radius 2 is 1.02 bits per heavy atom. The zero-order valence-electron chi connectivity index (χ0n) is 24.5. The minimum Gasteiger partial charge on any atom is -0.256 e. The average molecular weight is 586 g/mol. The van der Waals surface area contributed by atoms with Crippen LogP contribution >= 0.6 is 0 Å². The van der Waals surface area contributed by atoms with Gasteiger partial charge in [0.05, 0.1) is 46.0 Å². The number of hydrogen-bond donors (Lipinski definition) is 0. The molecular weight excluding hydrogens is 562 g/mol. The number of pyridine rings is 3. The van der Waals surface area contributed by atoms with Gasteiger partial charge < -0.3 is 0 Å². The van der Waals surface area contributed by atoms with Gasteiger partial charge >= 0.3 is 0 Å². The van der Waals surface area contributed by atoms with Gasteiger partial charge in [-0.15, -0.1) is 0 Å². The lowest BCUT2D eigenvalue weighted by molar-refractivity contribution is 1.19. The van der Waals surface area contributed by atoms with Crippen molar-refractivity contribution in [2.45, 2.75) is 0 Å². The zero-order valence-corrected chi connectivity index (χ0v) is 24.5. The lowest BCUT2D eigenvalue weighted by atomic mass is 9.99. The van der Waals surface area contributed by atoms with Crippen LogP contribution in [-0.2, 0) is 0 Å². The van der Waals surface area contributed by atoms with E-state index in [1.54, 1.807) is 12.4 Å². The van der Waals surface area contributed by atoms with E-state index >= 15 is 0 Å². The Kier molecular flexibility index (Phi) is 5.22. The normalized spacial score (nSPS) is 11.9. The summed E-state index contributed by atoms with van der Waals surface area (Å²) in [6.07, 6.45) is 5.42. The van der Waals surface area contributed by atoms with Gasteiger partial charge in [-0.2, -0.15) is 0 Å². The largest absolute Gasteiger partial charge is 0.256 e. The lowest BCUT2D eigenvalue weighted by Crippen LogP contribution is -1.94. The van der Waals surface area contributed by atoms with Crippen LogP contribution < -0.4 is 0 Å². The molecule has 0 saturated heterocycles. The highest BCUT2D eigenvalue weighted by Crippen LogP contribution is 2.48. The lowest BCUT2D eigenvalue weighted by Gasteiger charge is -2.10. The third-order valence-corrected chi connectivity index (χ3v) is 9.12. The fraction of sp³-hybridized carbons (Fsp3) is 0. The molecule has 1 aliphatic carbocycles. The van der Waals surface area contributed by atoms with Crippen molar-refractivity contribution in [3.8, 4) is 56.2 Å². The van der Waals surface area contributed by atoms with Crippen molar-refractivity contribution in [2.24, 2.45) is 0 Å². The summed E-state index contributed by atoms with van der Waals surface area (Å²) in [7, 11) is 0. The molecule has 0 amide bonds. The van der Waals surface area contributed by atoms with Gasteiger partial charge in [-0.1, -0.05) is 91.0 Å². The predicted molar refractivity (Wildman–Crippen MR) is 186 cm³/mol. The summed E-state index contributed by atoms with van der Waals surface area (Å²) in [4.78, 5) is 24.3. The monoisotopic (exact) mass is 585 g/mol. The molecule has 0 aliphatic heterocycles. The maximum Gasteiger partial charge on any atom is 0.107 e. The van der Waals surface area contributed by atoms with Gasteiger partial charge in [-0.25, -0.2) is 9.97 Å². The maximum absolute atomic E-state index is 5.21. The number of hydrogen-bond acceptors (Lipinski definition) is 5. The summed E-state index contributed by atoms with van der Waals surface area (Å²) in [6, 6.07) is 42.5. The van der Waals surface area contributed by atoms with E-state index in [-0.39, 0.29) is 0 Å². The number of benzene rings is 5. The Balaban J connectivity index is 1.05. The Morgan fingerprint density at radius 3 is 1.83 bits per heavy atom. The number of rotatable bonds is 3. The van der Waals surface area contributed by atoms with Crippen molar-refractivity contribution in [1.82, 2.24) is 24.9 Å². The minimum absolute atomic E-state index is 0.708. The molecule has 5 nitrogen and oxygen atoms in total. The molecule has 4 heterocycles. The second-order valence-corrected chi connectivity index (χ2v) is 11.8. The Bertz CT molecular complexity index is 2690. The number of aromatic nitrogens is 5. The molecule has 1 aliphatic rings. The molecule has 5 heteroatoms. The van der Waals surface area contributed by atoms with Crippen LogP contribution in [-0.4, -0.2) is 24.9 Å². The molecule has 4 aromatic heterocycles. The predicted octanol–water partition coefficient (Wildman–Crippen LogP) is 9.92. The van der Waals surface area contributed by atoms with Crippen molar-refractivity contribution >= 4 is 43.5 Å². The van der Waals surface area contributed by atoms with E-state index in [0.717, 1.165) is 60.9 Å². The molecule has 0 spiro atoms. The summed E-state index contributed by atoms with van der Waals surface area (Å²) < 4.78 is 0. The van der Waals surface area contributed by atoms with Crippen LogP contribution in [0.25, 0.3) is 99.6 Å². The number of para-hydroxylation sites is 1. The van der Waals surface area contributed by atoms with E-state index in [9.17, 15) is 0 Å². The summed E-state index contributed by atoms with van der Waals surface area (Å²) in [5.74, 6) is 0. The van der Waals surface area contributed by atoms with E-state index in [0.29, 0.717) is 5.69 Å². The van der Waals surface area contributed by atoms with Gasteiger partial charge in [0.15, 0.2) is 0 Å². The van der Waals surface area contributed by atoms with Crippen LogP contribution in [0.3, 0.4) is 0 Å². The first-order chi connectivity index (χ1) is 22.8. The van der Waals surface area contributed by atoms with Crippen LogP contribution in [0.1, 0.15) is 0 Å². The molecule has 0 radical (unpaired) electrons. The van der Waals surface area contributed by atoms with Crippen LogP contribution in [0.5, 0.6) is 0 Å². The Labute approximate surface area is 263 Å². The molecule has 0 atom stereocenters. The smallest absolute Gasteiger partial charge is 0.107 e. The standard InChI is InChI=1S/C41H23N5/c1-2-10-34-27(5-1)19-29(21-42-34)37-22-44-38(23-43-37)36-18-15-26-12-11-25-14-17-35(45-40(25)41(26)46-36)28-13-16-30-31-8-3-6-24-7-4-9-32(39(24)31)33(30)20-28/h1-23H. The van der Waals surface area contributed by atoms with Crippen molar-refractivity contribution in [3.63, 3.8) is 0 Å². The van der Waals surface area contributed by atoms with Crippen molar-refractivity contribution in [3.05, 3.63) is 140 Å². The number of fused-ring (bicyclic) bond motifs is 7. The van der Waals surface area contributed by atoms with Crippen molar-refractivity contribution in [2.75, 3.05) is 0 Å². The van der Waals surface area contributed by atoms with Crippen LogP contribution in [0, 0.1) is 0 Å². The van der Waals surface area contributed by atoms with E-state index in [2.05, 4.69) is 102 Å². The topological polar surface area (TPSA) is 64.5 Å². The maximum atomic E-state index is 5.21. The first kappa shape index (κ1) is 25.0. The Hall–Kier alpha value is -6.33. The van der Waals surface area contributed by atoms with Gasteiger partial charge in [0.2, 0.25) is 0 Å². The molecule has 9 aromatic rings. The summed E-state index contributed by atoms with van der Waals surface area (Å²) >= 11 is 0. The summed E-state index contributed by atoms with van der Waals surface area (Å²) in [5, 5.41) is 5.75. The molecule has 0 unspecified atom stereocenters. The fourth-order valence-corrected chi connectivity index (χ4v) is 6.84. The van der Waals surface area contributed by atoms with Gasteiger partial charge in [0.25, 0.3) is 0 Å². The Morgan fingerprint density at radius 1 is 0.348 bits per heavy atom. The molecule has 10 rings (SSSR count). The number of nitrogens with zero attached hydrogens (tertiary/aromatic N) is 5. The molecule has 0 saturated carbocycles. The van der Waals surface area contributed by atoms with Crippen LogP contribution in [0.15, 0.2) is 140 Å². The van der Waals surface area contributed by atoms with E-state index in [4.69, 9.17) is 19.9 Å². The molecule has 0 fully saturated rings.